The molecule has 3 heterocycles. The molecule has 7 heteroatoms. The van der Waals surface area contributed by atoms with E-state index in [4.69, 9.17) is 9.47 Å². The summed E-state index contributed by atoms with van der Waals surface area (Å²) in [6.07, 6.45) is 3.44. The Morgan fingerprint density at radius 2 is 1.62 bits per heavy atom. The van der Waals surface area contributed by atoms with Gasteiger partial charge in [0, 0.05) is 37.8 Å². The van der Waals surface area contributed by atoms with Crippen molar-refractivity contribution in [3.8, 4) is 22.8 Å². The number of nitrogens with zero attached hydrogens (tertiary/aromatic N) is 4. The molecule has 0 spiro atoms. The molecule has 162 valence electrons. The third kappa shape index (κ3) is 4.42. The zero-order chi connectivity index (χ0) is 21.8. The quantitative estimate of drug-likeness (QED) is 0.594. The summed E-state index contributed by atoms with van der Waals surface area (Å²) in [5.74, 6) is 2.31. The Hall–Kier alpha value is -3.87. The minimum Gasteiger partial charge on any atom is -0.486 e. The van der Waals surface area contributed by atoms with Crippen LogP contribution in [0.3, 0.4) is 0 Å². The van der Waals surface area contributed by atoms with Gasteiger partial charge in [-0.2, -0.15) is 0 Å². The summed E-state index contributed by atoms with van der Waals surface area (Å²) >= 11 is 0. The lowest BCUT2D eigenvalue weighted by Crippen LogP contribution is -2.48. The topological polar surface area (TPSA) is 67.8 Å². The maximum Gasteiger partial charge on any atom is 0.246 e. The highest BCUT2D eigenvalue weighted by molar-refractivity contribution is 5.92. The average molecular weight is 428 g/mol. The van der Waals surface area contributed by atoms with E-state index in [1.165, 1.54) is 0 Å². The van der Waals surface area contributed by atoms with Crippen molar-refractivity contribution in [2.75, 3.05) is 44.3 Å². The second-order valence-corrected chi connectivity index (χ2v) is 7.69. The van der Waals surface area contributed by atoms with Crippen molar-refractivity contribution in [2.24, 2.45) is 0 Å². The lowest BCUT2D eigenvalue weighted by atomic mass is 10.1. The number of piperazine rings is 1. The fourth-order valence-electron chi connectivity index (χ4n) is 3.85. The van der Waals surface area contributed by atoms with Crippen molar-refractivity contribution in [1.29, 1.82) is 0 Å². The van der Waals surface area contributed by atoms with Gasteiger partial charge in [-0.3, -0.25) is 4.79 Å². The number of rotatable bonds is 4. The summed E-state index contributed by atoms with van der Waals surface area (Å²) in [6, 6.07) is 19.7. The molecule has 2 aliphatic heterocycles. The van der Waals surface area contributed by atoms with Gasteiger partial charge in [-0.1, -0.05) is 36.4 Å². The summed E-state index contributed by atoms with van der Waals surface area (Å²) in [5.41, 5.74) is 2.81. The van der Waals surface area contributed by atoms with E-state index in [-0.39, 0.29) is 5.91 Å². The first kappa shape index (κ1) is 20.1. The van der Waals surface area contributed by atoms with Gasteiger partial charge in [0.15, 0.2) is 17.3 Å². The van der Waals surface area contributed by atoms with E-state index in [1.54, 1.807) is 6.08 Å². The van der Waals surface area contributed by atoms with Gasteiger partial charge in [0.1, 0.15) is 13.2 Å². The molecule has 2 aromatic carbocycles. The van der Waals surface area contributed by atoms with Gasteiger partial charge in [-0.15, -0.1) is 10.2 Å². The summed E-state index contributed by atoms with van der Waals surface area (Å²) < 4.78 is 11.1. The Morgan fingerprint density at radius 3 is 2.38 bits per heavy atom. The molecule has 0 saturated carbocycles. The SMILES string of the molecule is O=C(/C=C\c1ccc2c(c1)OCCO2)N1CCN(c2ccc(-c3ccccc3)nn2)CC1. The first-order valence-corrected chi connectivity index (χ1v) is 10.8. The summed E-state index contributed by atoms with van der Waals surface area (Å²) in [4.78, 5) is 16.7. The molecule has 2 aliphatic rings. The smallest absolute Gasteiger partial charge is 0.246 e. The lowest BCUT2D eigenvalue weighted by molar-refractivity contribution is -0.126. The van der Waals surface area contributed by atoms with Gasteiger partial charge in [-0.05, 0) is 35.9 Å². The van der Waals surface area contributed by atoms with Crippen LogP contribution in [0.25, 0.3) is 17.3 Å². The normalized spacial score (nSPS) is 15.8. The summed E-state index contributed by atoms with van der Waals surface area (Å²) in [7, 11) is 0. The number of carbonyl (C=O) groups excluding carboxylic acids is 1. The number of ether oxygens (including phenoxy) is 2. The van der Waals surface area contributed by atoms with Gasteiger partial charge >= 0.3 is 0 Å². The Labute approximate surface area is 186 Å². The predicted molar refractivity (Wildman–Crippen MR) is 123 cm³/mol. The van der Waals surface area contributed by atoms with Crippen LogP contribution >= 0.6 is 0 Å². The molecule has 32 heavy (non-hydrogen) atoms. The van der Waals surface area contributed by atoms with Crippen LogP contribution in [-0.4, -0.2) is 60.4 Å². The minimum absolute atomic E-state index is 0.00467. The number of anilines is 1. The van der Waals surface area contributed by atoms with Gasteiger partial charge in [0.25, 0.3) is 0 Å². The van der Waals surface area contributed by atoms with Crippen molar-refractivity contribution in [1.82, 2.24) is 15.1 Å². The molecule has 0 unspecified atom stereocenters. The molecule has 0 bridgehead atoms. The van der Waals surface area contributed by atoms with Crippen LogP contribution in [0.15, 0.2) is 66.7 Å². The van der Waals surface area contributed by atoms with E-state index >= 15 is 0 Å². The van der Waals surface area contributed by atoms with Crippen molar-refractivity contribution in [3.05, 3.63) is 72.3 Å². The molecule has 1 aromatic heterocycles. The molecule has 7 nitrogen and oxygen atoms in total. The Kier molecular flexibility index (Phi) is 5.70. The van der Waals surface area contributed by atoms with Gasteiger partial charge < -0.3 is 19.3 Å². The highest BCUT2D eigenvalue weighted by atomic mass is 16.6. The van der Waals surface area contributed by atoms with E-state index in [2.05, 4.69) is 15.1 Å². The molecular formula is C25H24N4O3. The van der Waals surface area contributed by atoms with E-state index in [9.17, 15) is 4.79 Å². The highest BCUT2D eigenvalue weighted by Crippen LogP contribution is 2.31. The average Bonchev–Trinajstić information content (AvgIpc) is 2.88. The van der Waals surface area contributed by atoms with E-state index in [0.29, 0.717) is 26.3 Å². The molecule has 0 N–H and O–H groups in total. The van der Waals surface area contributed by atoms with Crippen molar-refractivity contribution in [2.45, 2.75) is 0 Å². The second-order valence-electron chi connectivity index (χ2n) is 7.69. The third-order valence-corrected chi connectivity index (χ3v) is 5.62. The Balaban J connectivity index is 1.16. The number of amides is 1. The Morgan fingerprint density at radius 1 is 0.844 bits per heavy atom. The van der Waals surface area contributed by atoms with Crippen molar-refractivity contribution >= 4 is 17.8 Å². The summed E-state index contributed by atoms with van der Waals surface area (Å²) in [6.45, 7) is 3.85. The monoisotopic (exact) mass is 428 g/mol. The van der Waals surface area contributed by atoms with Crippen molar-refractivity contribution < 1.29 is 14.3 Å². The van der Waals surface area contributed by atoms with Crippen LogP contribution in [-0.2, 0) is 4.79 Å². The molecule has 0 aliphatic carbocycles. The van der Waals surface area contributed by atoms with Gasteiger partial charge in [0.2, 0.25) is 5.91 Å². The Bertz CT molecular complexity index is 1110. The van der Waals surface area contributed by atoms with Crippen LogP contribution in [0.1, 0.15) is 5.56 Å². The number of hydrogen-bond donors (Lipinski definition) is 0. The van der Waals surface area contributed by atoms with E-state index in [1.807, 2.05) is 71.6 Å². The van der Waals surface area contributed by atoms with Crippen LogP contribution in [0.2, 0.25) is 0 Å². The molecule has 1 amide bonds. The number of fused-ring (bicyclic) bond motifs is 1. The number of benzene rings is 2. The second kappa shape index (κ2) is 9.09. The van der Waals surface area contributed by atoms with Gasteiger partial charge in [-0.25, -0.2) is 0 Å². The maximum atomic E-state index is 12.6. The van der Waals surface area contributed by atoms with E-state index in [0.717, 1.165) is 47.2 Å². The molecule has 3 aromatic rings. The number of hydrogen-bond acceptors (Lipinski definition) is 6. The minimum atomic E-state index is 0.00467. The van der Waals surface area contributed by atoms with Crippen molar-refractivity contribution in [3.63, 3.8) is 0 Å². The third-order valence-electron chi connectivity index (χ3n) is 5.62. The summed E-state index contributed by atoms with van der Waals surface area (Å²) in [5, 5.41) is 8.77. The largest absolute Gasteiger partial charge is 0.486 e. The molecule has 0 atom stereocenters. The standard InChI is InChI=1S/C25H24N4O3/c30-25(11-7-19-6-9-22-23(18-19)32-17-16-31-22)29-14-12-28(13-15-29)24-10-8-21(26-27-24)20-4-2-1-3-5-20/h1-11,18H,12-17H2/b11-7-. The highest BCUT2D eigenvalue weighted by Gasteiger charge is 2.21. The fourth-order valence-corrected chi connectivity index (χ4v) is 3.85. The molecule has 0 radical (unpaired) electrons. The van der Waals surface area contributed by atoms with Crippen LogP contribution in [0.5, 0.6) is 11.5 Å². The molecular weight excluding hydrogens is 404 g/mol. The molecule has 1 fully saturated rings. The zero-order valence-electron chi connectivity index (χ0n) is 17.7. The molecule has 1 saturated heterocycles. The van der Waals surface area contributed by atoms with Crippen LogP contribution in [0, 0.1) is 0 Å². The zero-order valence-corrected chi connectivity index (χ0v) is 17.7. The van der Waals surface area contributed by atoms with Gasteiger partial charge in [0.05, 0.1) is 5.69 Å². The first-order valence-electron chi connectivity index (χ1n) is 10.8. The maximum absolute atomic E-state index is 12.6. The van der Waals surface area contributed by atoms with Crippen LogP contribution in [0.4, 0.5) is 5.82 Å². The predicted octanol–water partition coefficient (Wildman–Crippen LogP) is 3.28. The number of aromatic nitrogens is 2. The molecule has 5 rings (SSSR count). The lowest BCUT2D eigenvalue weighted by Gasteiger charge is -2.34. The van der Waals surface area contributed by atoms with Crippen LogP contribution < -0.4 is 14.4 Å². The van der Waals surface area contributed by atoms with E-state index < -0.39 is 0 Å². The number of carbonyl (C=O) groups is 1. The fraction of sp³-hybridized carbons (Fsp3) is 0.240. The first-order chi connectivity index (χ1) is 15.8.